The van der Waals surface area contributed by atoms with Crippen LogP contribution in [0.3, 0.4) is 0 Å². The first-order chi connectivity index (χ1) is 10.2. The fraction of sp³-hybridized carbons (Fsp3) is 0.353. The first-order valence-electron chi connectivity index (χ1n) is 7.35. The lowest BCUT2D eigenvalue weighted by molar-refractivity contribution is 0.0760. The number of fused-ring (bicyclic) bond motifs is 1. The van der Waals surface area contributed by atoms with Crippen LogP contribution in [0.4, 0.5) is 4.39 Å². The monoisotopic (exact) mass is 288 g/mol. The predicted molar refractivity (Wildman–Crippen MR) is 83.8 cm³/mol. The minimum atomic E-state index is -0.305. The fourth-order valence-corrected chi connectivity index (χ4v) is 2.44. The van der Waals surface area contributed by atoms with E-state index in [1.807, 2.05) is 6.07 Å². The summed E-state index contributed by atoms with van der Waals surface area (Å²) in [5.74, 6) is -0.383. The van der Waals surface area contributed by atoms with E-state index in [1.165, 1.54) is 6.07 Å². The molecule has 0 saturated carbocycles. The maximum absolute atomic E-state index is 13.8. The van der Waals surface area contributed by atoms with E-state index in [0.717, 1.165) is 12.8 Å². The molecule has 2 aromatic carbocycles. The second-order valence-corrected chi connectivity index (χ2v) is 5.07. The van der Waals surface area contributed by atoms with Crippen molar-refractivity contribution in [2.45, 2.75) is 19.8 Å². The number of rotatable bonds is 6. The fourth-order valence-electron chi connectivity index (χ4n) is 2.44. The molecule has 112 valence electrons. The molecule has 3 nitrogen and oxygen atoms in total. The highest BCUT2D eigenvalue weighted by atomic mass is 19.1. The van der Waals surface area contributed by atoms with Crippen molar-refractivity contribution in [3.63, 3.8) is 0 Å². The molecule has 4 heteroatoms. The number of nitrogens with two attached hydrogens (primary N) is 1. The van der Waals surface area contributed by atoms with Crippen LogP contribution in [-0.2, 0) is 0 Å². The van der Waals surface area contributed by atoms with Crippen LogP contribution in [0.25, 0.3) is 10.8 Å². The Morgan fingerprint density at radius 2 is 1.86 bits per heavy atom. The highest BCUT2D eigenvalue weighted by molar-refractivity contribution is 6.07. The molecular weight excluding hydrogens is 267 g/mol. The quantitative estimate of drug-likeness (QED) is 0.887. The molecule has 0 fully saturated rings. The Morgan fingerprint density at radius 1 is 1.14 bits per heavy atom. The molecule has 2 N–H and O–H groups in total. The Bertz CT molecular complexity index is 627. The lowest BCUT2D eigenvalue weighted by Crippen LogP contribution is -2.36. The molecule has 0 aliphatic heterocycles. The van der Waals surface area contributed by atoms with Crippen molar-refractivity contribution in [2.75, 3.05) is 19.6 Å². The number of carbonyl (C=O) groups excluding carboxylic acids is 1. The van der Waals surface area contributed by atoms with Gasteiger partial charge in [-0.05, 0) is 23.9 Å². The molecular formula is C17H21FN2O. The summed E-state index contributed by atoms with van der Waals surface area (Å²) in [6.07, 6.45) is 1.95. The summed E-state index contributed by atoms with van der Waals surface area (Å²) >= 11 is 0. The van der Waals surface area contributed by atoms with E-state index in [9.17, 15) is 9.18 Å². The number of amides is 1. The lowest BCUT2D eigenvalue weighted by Gasteiger charge is -2.22. The molecule has 0 radical (unpaired) electrons. The van der Waals surface area contributed by atoms with E-state index in [0.29, 0.717) is 36.0 Å². The number of hydrogen-bond donors (Lipinski definition) is 1. The molecule has 2 aromatic rings. The first kappa shape index (κ1) is 15.4. The van der Waals surface area contributed by atoms with E-state index < -0.39 is 0 Å². The summed E-state index contributed by atoms with van der Waals surface area (Å²) in [4.78, 5) is 14.5. The Balaban J connectivity index is 2.39. The van der Waals surface area contributed by atoms with Crippen LogP contribution in [-0.4, -0.2) is 30.4 Å². The molecule has 0 bridgehead atoms. The second kappa shape index (κ2) is 7.18. The predicted octanol–water partition coefficient (Wildman–Crippen LogP) is 3.18. The third-order valence-corrected chi connectivity index (χ3v) is 3.57. The average molecular weight is 288 g/mol. The summed E-state index contributed by atoms with van der Waals surface area (Å²) in [5, 5.41) is 1.13. The van der Waals surface area contributed by atoms with Gasteiger partial charge in [0.2, 0.25) is 0 Å². The van der Waals surface area contributed by atoms with Crippen molar-refractivity contribution in [3.05, 3.63) is 47.8 Å². The highest BCUT2D eigenvalue weighted by Crippen LogP contribution is 2.23. The van der Waals surface area contributed by atoms with Crippen molar-refractivity contribution in [1.82, 2.24) is 4.90 Å². The van der Waals surface area contributed by atoms with Gasteiger partial charge in [-0.1, -0.05) is 37.6 Å². The number of hydrogen-bond acceptors (Lipinski definition) is 2. The van der Waals surface area contributed by atoms with Gasteiger partial charge in [-0.15, -0.1) is 0 Å². The van der Waals surface area contributed by atoms with Gasteiger partial charge < -0.3 is 10.6 Å². The van der Waals surface area contributed by atoms with Crippen LogP contribution in [0, 0.1) is 5.82 Å². The van der Waals surface area contributed by atoms with E-state index in [4.69, 9.17) is 5.73 Å². The summed E-state index contributed by atoms with van der Waals surface area (Å²) in [6, 6.07) is 9.99. The Kier molecular flexibility index (Phi) is 5.28. The topological polar surface area (TPSA) is 46.3 Å². The molecule has 0 aliphatic rings. The van der Waals surface area contributed by atoms with E-state index >= 15 is 0 Å². The standard InChI is InChI=1S/C17H21FN2O/c1-2-3-11-20(12-10-19)17(21)15-8-9-16(18)14-7-5-4-6-13(14)15/h4-9H,2-3,10-12,19H2,1H3. The summed E-state index contributed by atoms with van der Waals surface area (Å²) < 4.78 is 13.8. The molecule has 21 heavy (non-hydrogen) atoms. The number of carbonyl (C=O) groups is 1. The van der Waals surface area contributed by atoms with Gasteiger partial charge >= 0.3 is 0 Å². The maximum Gasteiger partial charge on any atom is 0.254 e. The molecule has 0 saturated heterocycles. The van der Waals surface area contributed by atoms with Gasteiger partial charge in [-0.2, -0.15) is 0 Å². The van der Waals surface area contributed by atoms with Gasteiger partial charge in [0.25, 0.3) is 5.91 Å². The van der Waals surface area contributed by atoms with Gasteiger partial charge in [0.1, 0.15) is 5.82 Å². The number of halogens is 1. The zero-order valence-electron chi connectivity index (χ0n) is 12.3. The highest BCUT2D eigenvalue weighted by Gasteiger charge is 2.18. The molecule has 2 rings (SSSR count). The van der Waals surface area contributed by atoms with Crippen LogP contribution in [0.1, 0.15) is 30.1 Å². The Hall–Kier alpha value is -1.94. The first-order valence-corrected chi connectivity index (χ1v) is 7.35. The van der Waals surface area contributed by atoms with Gasteiger partial charge in [0.15, 0.2) is 0 Å². The van der Waals surface area contributed by atoms with Crippen LogP contribution in [0.5, 0.6) is 0 Å². The third-order valence-electron chi connectivity index (χ3n) is 3.57. The second-order valence-electron chi connectivity index (χ2n) is 5.07. The molecule has 0 aliphatic carbocycles. The third kappa shape index (κ3) is 3.39. The summed E-state index contributed by atoms with van der Waals surface area (Å²) in [7, 11) is 0. The lowest BCUT2D eigenvalue weighted by atomic mass is 10.0. The van der Waals surface area contributed by atoms with Gasteiger partial charge in [-0.25, -0.2) is 4.39 Å². The van der Waals surface area contributed by atoms with Crippen LogP contribution in [0.15, 0.2) is 36.4 Å². The minimum absolute atomic E-state index is 0.0786. The van der Waals surface area contributed by atoms with Crippen molar-refractivity contribution in [3.8, 4) is 0 Å². The zero-order valence-corrected chi connectivity index (χ0v) is 12.3. The zero-order chi connectivity index (χ0) is 15.2. The van der Waals surface area contributed by atoms with Crippen LogP contribution in [0.2, 0.25) is 0 Å². The molecule has 0 atom stereocenters. The van der Waals surface area contributed by atoms with E-state index in [-0.39, 0.29) is 11.7 Å². The van der Waals surface area contributed by atoms with Crippen molar-refractivity contribution in [2.24, 2.45) is 5.73 Å². The molecule has 0 spiro atoms. The van der Waals surface area contributed by atoms with Crippen molar-refractivity contribution < 1.29 is 9.18 Å². The largest absolute Gasteiger partial charge is 0.337 e. The number of nitrogens with zero attached hydrogens (tertiary/aromatic N) is 1. The van der Waals surface area contributed by atoms with Crippen LogP contribution < -0.4 is 5.73 Å². The minimum Gasteiger partial charge on any atom is -0.337 e. The maximum atomic E-state index is 13.8. The van der Waals surface area contributed by atoms with E-state index in [1.54, 1.807) is 29.2 Å². The Morgan fingerprint density at radius 3 is 2.52 bits per heavy atom. The van der Waals surface area contributed by atoms with E-state index in [2.05, 4.69) is 6.92 Å². The van der Waals surface area contributed by atoms with Crippen LogP contribution >= 0.6 is 0 Å². The van der Waals surface area contributed by atoms with Gasteiger partial charge in [0, 0.05) is 30.6 Å². The molecule has 1 amide bonds. The SMILES string of the molecule is CCCCN(CCN)C(=O)c1ccc(F)c2ccccc12. The van der Waals surface area contributed by atoms with Gasteiger partial charge in [0.05, 0.1) is 0 Å². The van der Waals surface area contributed by atoms with Crippen molar-refractivity contribution in [1.29, 1.82) is 0 Å². The molecule has 0 heterocycles. The smallest absolute Gasteiger partial charge is 0.254 e. The number of unbranched alkanes of at least 4 members (excludes halogenated alkanes) is 1. The molecule has 0 unspecified atom stereocenters. The number of benzene rings is 2. The summed E-state index contributed by atoms with van der Waals surface area (Å²) in [6.45, 7) is 3.70. The van der Waals surface area contributed by atoms with Crippen molar-refractivity contribution >= 4 is 16.7 Å². The van der Waals surface area contributed by atoms with Gasteiger partial charge in [-0.3, -0.25) is 4.79 Å². The Labute approximate surface area is 124 Å². The average Bonchev–Trinajstić information content (AvgIpc) is 2.51. The normalized spacial score (nSPS) is 10.8. The molecule has 0 aromatic heterocycles. The summed E-state index contributed by atoms with van der Waals surface area (Å²) in [5.41, 5.74) is 6.14.